The lowest BCUT2D eigenvalue weighted by atomic mass is 10.1. The number of amides is 1. The van der Waals surface area contributed by atoms with Crippen molar-refractivity contribution in [2.45, 2.75) is 12.5 Å². The maximum atomic E-state index is 13.4. The molecule has 6 nitrogen and oxygen atoms in total. The van der Waals surface area contributed by atoms with Crippen LogP contribution in [0, 0.1) is 11.6 Å². The summed E-state index contributed by atoms with van der Waals surface area (Å²) in [6.07, 6.45) is -0.630. The zero-order valence-corrected chi connectivity index (χ0v) is 10.4. The summed E-state index contributed by atoms with van der Waals surface area (Å²) in [4.78, 5) is 33.5. The Labute approximate surface area is 112 Å². The van der Waals surface area contributed by atoms with Crippen molar-refractivity contribution in [3.8, 4) is 0 Å². The Morgan fingerprint density at radius 2 is 2.00 bits per heavy atom. The lowest BCUT2D eigenvalue weighted by Gasteiger charge is -2.13. The standard InChI is InChI=1S/C12H11F2NO5/c1-20-9(16)5-8(12(18)19)15-11(17)6-3-2-4-7(13)10(6)14/h2-4,8H,5H2,1H3,(H,15,17)(H,18,19)/t8-/m0/s1. The third-order valence-corrected chi connectivity index (χ3v) is 2.40. The molecule has 0 aliphatic rings. The largest absolute Gasteiger partial charge is 0.480 e. The third-order valence-electron chi connectivity index (χ3n) is 2.40. The predicted octanol–water partition coefficient (Wildman–Crippen LogP) is 0.711. The van der Waals surface area contributed by atoms with E-state index in [4.69, 9.17) is 5.11 Å². The van der Waals surface area contributed by atoms with E-state index in [0.717, 1.165) is 25.3 Å². The number of rotatable bonds is 5. The van der Waals surface area contributed by atoms with Gasteiger partial charge in [-0.1, -0.05) is 6.07 Å². The van der Waals surface area contributed by atoms with Crippen molar-refractivity contribution in [1.29, 1.82) is 0 Å². The Morgan fingerprint density at radius 3 is 2.55 bits per heavy atom. The summed E-state index contributed by atoms with van der Waals surface area (Å²) >= 11 is 0. The molecule has 0 aliphatic carbocycles. The van der Waals surface area contributed by atoms with Crippen LogP contribution in [0.2, 0.25) is 0 Å². The molecule has 20 heavy (non-hydrogen) atoms. The van der Waals surface area contributed by atoms with E-state index in [1.54, 1.807) is 0 Å². The summed E-state index contributed by atoms with van der Waals surface area (Å²) in [6, 6.07) is 1.31. The Balaban J connectivity index is 2.88. The maximum absolute atomic E-state index is 13.4. The highest BCUT2D eigenvalue weighted by atomic mass is 19.2. The van der Waals surface area contributed by atoms with Gasteiger partial charge < -0.3 is 15.2 Å². The van der Waals surface area contributed by atoms with Crippen LogP contribution in [-0.4, -0.2) is 36.1 Å². The van der Waals surface area contributed by atoms with Crippen molar-refractivity contribution in [3.05, 3.63) is 35.4 Å². The Morgan fingerprint density at radius 1 is 1.35 bits per heavy atom. The van der Waals surface area contributed by atoms with Crippen LogP contribution in [0.4, 0.5) is 8.78 Å². The monoisotopic (exact) mass is 287 g/mol. The molecule has 0 heterocycles. The van der Waals surface area contributed by atoms with Crippen molar-refractivity contribution in [1.82, 2.24) is 5.32 Å². The van der Waals surface area contributed by atoms with Crippen LogP contribution in [0.3, 0.4) is 0 Å². The van der Waals surface area contributed by atoms with Crippen molar-refractivity contribution in [2.75, 3.05) is 7.11 Å². The zero-order valence-electron chi connectivity index (χ0n) is 10.4. The molecule has 1 amide bonds. The summed E-state index contributed by atoms with van der Waals surface area (Å²) < 4.78 is 30.6. The van der Waals surface area contributed by atoms with Crippen molar-refractivity contribution in [2.24, 2.45) is 0 Å². The van der Waals surface area contributed by atoms with Gasteiger partial charge in [-0.25, -0.2) is 13.6 Å². The van der Waals surface area contributed by atoms with Crippen LogP contribution in [0.25, 0.3) is 0 Å². The molecule has 1 aromatic rings. The highest BCUT2D eigenvalue weighted by molar-refractivity contribution is 5.97. The molecule has 0 bridgehead atoms. The van der Waals surface area contributed by atoms with Gasteiger partial charge in [-0.2, -0.15) is 0 Å². The van der Waals surface area contributed by atoms with Gasteiger partial charge in [0.25, 0.3) is 5.91 Å². The minimum Gasteiger partial charge on any atom is -0.480 e. The molecular formula is C12H11F2NO5. The summed E-state index contributed by atoms with van der Waals surface area (Å²) in [7, 11) is 1.05. The molecule has 1 atom stereocenters. The topological polar surface area (TPSA) is 92.7 Å². The van der Waals surface area contributed by atoms with Crippen molar-refractivity contribution in [3.63, 3.8) is 0 Å². The molecule has 108 valence electrons. The van der Waals surface area contributed by atoms with E-state index in [2.05, 4.69) is 4.74 Å². The summed E-state index contributed by atoms with van der Waals surface area (Å²) in [5.74, 6) is -6.14. The number of hydrogen-bond acceptors (Lipinski definition) is 4. The molecule has 0 unspecified atom stereocenters. The molecule has 0 saturated carbocycles. The molecule has 0 radical (unpaired) electrons. The van der Waals surface area contributed by atoms with Crippen molar-refractivity contribution >= 4 is 17.8 Å². The molecule has 0 saturated heterocycles. The second-order valence-electron chi connectivity index (χ2n) is 3.75. The van der Waals surface area contributed by atoms with E-state index in [9.17, 15) is 23.2 Å². The Bertz CT molecular complexity index is 547. The first-order valence-corrected chi connectivity index (χ1v) is 5.41. The summed E-state index contributed by atoms with van der Waals surface area (Å²) in [6.45, 7) is 0. The molecule has 0 spiro atoms. The van der Waals surface area contributed by atoms with Gasteiger partial charge in [0, 0.05) is 0 Å². The van der Waals surface area contributed by atoms with Gasteiger partial charge >= 0.3 is 11.9 Å². The van der Waals surface area contributed by atoms with Gasteiger partial charge in [0.05, 0.1) is 19.1 Å². The molecular weight excluding hydrogens is 276 g/mol. The molecule has 0 aliphatic heterocycles. The first-order chi connectivity index (χ1) is 9.36. The molecule has 0 fully saturated rings. The minimum absolute atomic E-state index is 0.630. The van der Waals surface area contributed by atoms with Gasteiger partial charge in [-0.05, 0) is 12.1 Å². The van der Waals surface area contributed by atoms with Crippen LogP contribution in [-0.2, 0) is 14.3 Å². The second-order valence-corrected chi connectivity index (χ2v) is 3.75. The lowest BCUT2D eigenvalue weighted by Crippen LogP contribution is -2.42. The number of aliphatic carboxylic acids is 1. The number of halogens is 2. The fourth-order valence-corrected chi connectivity index (χ4v) is 1.37. The number of carbonyl (C=O) groups is 3. The molecule has 1 rings (SSSR count). The highest BCUT2D eigenvalue weighted by Crippen LogP contribution is 2.11. The fourth-order valence-electron chi connectivity index (χ4n) is 1.37. The minimum atomic E-state index is -1.60. The van der Waals surface area contributed by atoms with E-state index < -0.39 is 47.5 Å². The van der Waals surface area contributed by atoms with Gasteiger partial charge in [0.15, 0.2) is 11.6 Å². The van der Waals surface area contributed by atoms with Crippen LogP contribution in [0.5, 0.6) is 0 Å². The fraction of sp³-hybridized carbons (Fsp3) is 0.250. The number of benzene rings is 1. The van der Waals surface area contributed by atoms with Gasteiger partial charge in [0.1, 0.15) is 6.04 Å². The smallest absolute Gasteiger partial charge is 0.326 e. The number of carbonyl (C=O) groups excluding carboxylic acids is 2. The van der Waals surface area contributed by atoms with Gasteiger partial charge in [-0.3, -0.25) is 9.59 Å². The Hall–Kier alpha value is -2.51. The van der Waals surface area contributed by atoms with E-state index >= 15 is 0 Å². The number of carboxylic acids is 1. The Kier molecular flexibility index (Phi) is 5.13. The number of hydrogen-bond donors (Lipinski definition) is 2. The van der Waals surface area contributed by atoms with E-state index in [-0.39, 0.29) is 0 Å². The van der Waals surface area contributed by atoms with Crippen LogP contribution in [0.15, 0.2) is 18.2 Å². The first kappa shape index (κ1) is 15.5. The van der Waals surface area contributed by atoms with Crippen LogP contribution in [0.1, 0.15) is 16.8 Å². The maximum Gasteiger partial charge on any atom is 0.326 e. The molecule has 0 aromatic heterocycles. The number of methoxy groups -OCH3 is 1. The molecule has 2 N–H and O–H groups in total. The third kappa shape index (κ3) is 3.74. The van der Waals surface area contributed by atoms with E-state index in [1.807, 2.05) is 5.32 Å². The first-order valence-electron chi connectivity index (χ1n) is 5.41. The SMILES string of the molecule is COC(=O)C[C@H](NC(=O)c1cccc(F)c1F)C(=O)O. The predicted molar refractivity (Wildman–Crippen MR) is 61.9 cm³/mol. The van der Waals surface area contributed by atoms with Gasteiger partial charge in [-0.15, -0.1) is 0 Å². The number of carboxylic acid groups (broad SMARTS) is 1. The lowest BCUT2D eigenvalue weighted by molar-refractivity contribution is -0.147. The van der Waals surface area contributed by atoms with E-state index in [1.165, 1.54) is 0 Å². The second kappa shape index (κ2) is 6.60. The normalized spacial score (nSPS) is 11.6. The summed E-state index contributed by atoms with van der Waals surface area (Å²) in [5, 5.41) is 10.8. The van der Waals surface area contributed by atoms with Gasteiger partial charge in [0.2, 0.25) is 0 Å². The number of esters is 1. The van der Waals surface area contributed by atoms with E-state index in [0.29, 0.717) is 0 Å². The van der Waals surface area contributed by atoms with Crippen LogP contribution < -0.4 is 5.32 Å². The van der Waals surface area contributed by atoms with Crippen LogP contribution >= 0.6 is 0 Å². The highest BCUT2D eigenvalue weighted by Gasteiger charge is 2.25. The zero-order chi connectivity index (χ0) is 15.3. The summed E-state index contributed by atoms with van der Waals surface area (Å²) in [5.41, 5.74) is -0.652. The average Bonchev–Trinajstić information content (AvgIpc) is 2.40. The molecule has 8 heteroatoms. The number of nitrogens with one attached hydrogen (secondary N) is 1. The quantitative estimate of drug-likeness (QED) is 0.778. The van der Waals surface area contributed by atoms with Crippen molar-refractivity contribution < 1.29 is 33.0 Å². The molecule has 1 aromatic carbocycles. The average molecular weight is 287 g/mol. The number of ether oxygens (including phenoxy) is 1.